The van der Waals surface area contributed by atoms with Crippen LogP contribution in [0.15, 0.2) is 18.2 Å². The largest absolute Gasteiger partial charge is 0.490 e. The molecular weight excluding hydrogens is 360 g/mol. The van der Waals surface area contributed by atoms with Crippen LogP contribution in [-0.2, 0) is 4.79 Å². The van der Waals surface area contributed by atoms with E-state index in [0.717, 1.165) is 44.8 Å². The first-order valence-electron chi connectivity index (χ1n) is 10.3. The molecule has 2 saturated heterocycles. The van der Waals surface area contributed by atoms with E-state index >= 15 is 0 Å². The van der Waals surface area contributed by atoms with Crippen molar-refractivity contribution in [3.63, 3.8) is 0 Å². The Morgan fingerprint density at radius 2 is 1.85 bits per heavy atom. The third-order valence-corrected chi connectivity index (χ3v) is 6.12. The lowest BCUT2D eigenvalue weighted by atomic mass is 9.84. The normalized spacial score (nSPS) is 20.0. The van der Waals surface area contributed by atoms with E-state index in [4.69, 9.17) is 4.74 Å². The fourth-order valence-corrected chi connectivity index (χ4v) is 4.22. The van der Waals surface area contributed by atoms with Gasteiger partial charge in [-0.25, -0.2) is 0 Å². The van der Waals surface area contributed by atoms with Gasteiger partial charge in [-0.1, -0.05) is 19.1 Å². The summed E-state index contributed by atoms with van der Waals surface area (Å²) in [6, 6.07) is 6.35. The van der Waals surface area contributed by atoms with E-state index in [0.29, 0.717) is 24.2 Å². The lowest BCUT2D eigenvalue weighted by Crippen LogP contribution is -2.43. The maximum atomic E-state index is 12.7. The van der Waals surface area contributed by atoms with E-state index in [2.05, 4.69) is 49.2 Å². The predicted octanol–water partition coefficient (Wildman–Crippen LogP) is 4.12. The SMILES string of the molecule is Cc1ccc(C)c(OC2CCN(C(=O)CC(C)C3CCNCC3)CC2)c1.Cl. The van der Waals surface area contributed by atoms with E-state index in [-0.39, 0.29) is 18.5 Å². The van der Waals surface area contributed by atoms with Crippen LogP contribution in [0, 0.1) is 25.7 Å². The Morgan fingerprint density at radius 1 is 1.19 bits per heavy atom. The zero-order valence-electron chi connectivity index (χ0n) is 17.0. The molecule has 2 aliphatic heterocycles. The molecule has 1 amide bonds. The molecule has 2 aliphatic rings. The number of aryl methyl sites for hydroxylation is 2. The summed E-state index contributed by atoms with van der Waals surface area (Å²) < 4.78 is 6.23. The van der Waals surface area contributed by atoms with E-state index in [1.54, 1.807) is 0 Å². The van der Waals surface area contributed by atoms with Crippen LogP contribution >= 0.6 is 12.4 Å². The van der Waals surface area contributed by atoms with Crippen LogP contribution in [-0.4, -0.2) is 43.1 Å². The van der Waals surface area contributed by atoms with Gasteiger partial charge in [-0.2, -0.15) is 0 Å². The van der Waals surface area contributed by atoms with Gasteiger partial charge in [0, 0.05) is 32.4 Å². The second-order valence-corrected chi connectivity index (χ2v) is 8.24. The Bertz CT molecular complexity index is 608. The van der Waals surface area contributed by atoms with Gasteiger partial charge >= 0.3 is 0 Å². The minimum absolute atomic E-state index is 0. The number of piperidine rings is 2. The van der Waals surface area contributed by atoms with Crippen molar-refractivity contribution in [2.24, 2.45) is 11.8 Å². The highest BCUT2D eigenvalue weighted by molar-refractivity contribution is 5.85. The smallest absolute Gasteiger partial charge is 0.222 e. The number of carbonyl (C=O) groups is 1. The van der Waals surface area contributed by atoms with E-state index in [1.165, 1.54) is 24.0 Å². The molecule has 0 aliphatic carbocycles. The third kappa shape index (κ3) is 6.11. The number of ether oxygens (including phenoxy) is 1. The lowest BCUT2D eigenvalue weighted by molar-refractivity contribution is -0.134. The molecule has 152 valence electrons. The molecule has 0 spiro atoms. The number of amides is 1. The van der Waals surface area contributed by atoms with Crippen LogP contribution in [0.5, 0.6) is 5.75 Å². The number of nitrogens with zero attached hydrogens (tertiary/aromatic N) is 1. The quantitative estimate of drug-likeness (QED) is 0.816. The second kappa shape index (κ2) is 10.3. The molecule has 1 aromatic rings. The van der Waals surface area contributed by atoms with Crippen LogP contribution in [0.1, 0.15) is 50.2 Å². The van der Waals surface area contributed by atoms with Gasteiger partial charge in [-0.05, 0) is 68.8 Å². The van der Waals surface area contributed by atoms with Crippen molar-refractivity contribution in [3.8, 4) is 5.75 Å². The van der Waals surface area contributed by atoms with E-state index in [1.807, 2.05) is 0 Å². The third-order valence-electron chi connectivity index (χ3n) is 6.12. The lowest BCUT2D eigenvalue weighted by Gasteiger charge is -2.34. The van der Waals surface area contributed by atoms with Crippen LogP contribution in [0.25, 0.3) is 0 Å². The molecule has 2 fully saturated rings. The average Bonchev–Trinajstić information content (AvgIpc) is 2.66. The van der Waals surface area contributed by atoms with Crippen LogP contribution < -0.4 is 10.1 Å². The van der Waals surface area contributed by atoms with Crippen molar-refractivity contribution in [1.82, 2.24) is 10.2 Å². The maximum Gasteiger partial charge on any atom is 0.222 e. The Balaban J connectivity index is 0.00000261. The van der Waals surface area contributed by atoms with Crippen molar-refractivity contribution in [1.29, 1.82) is 0 Å². The summed E-state index contributed by atoms with van der Waals surface area (Å²) in [5.41, 5.74) is 2.41. The highest BCUT2D eigenvalue weighted by Gasteiger charge is 2.27. The first-order chi connectivity index (χ1) is 12.5. The Morgan fingerprint density at radius 3 is 2.52 bits per heavy atom. The summed E-state index contributed by atoms with van der Waals surface area (Å²) in [7, 11) is 0. The molecule has 0 saturated carbocycles. The average molecular weight is 395 g/mol. The molecule has 0 radical (unpaired) electrons. The first kappa shape index (κ1) is 22.0. The fraction of sp³-hybridized carbons (Fsp3) is 0.682. The van der Waals surface area contributed by atoms with Crippen molar-refractivity contribution < 1.29 is 9.53 Å². The molecule has 5 heteroatoms. The summed E-state index contributed by atoms with van der Waals surface area (Å²) in [6.07, 6.45) is 5.20. The number of halogens is 1. The number of benzene rings is 1. The molecule has 1 atom stereocenters. The number of hydrogen-bond donors (Lipinski definition) is 1. The molecule has 27 heavy (non-hydrogen) atoms. The molecule has 0 bridgehead atoms. The van der Waals surface area contributed by atoms with Crippen molar-refractivity contribution in [2.75, 3.05) is 26.2 Å². The first-order valence-corrected chi connectivity index (χ1v) is 10.3. The van der Waals surface area contributed by atoms with Gasteiger partial charge < -0.3 is 15.0 Å². The molecule has 1 unspecified atom stereocenters. The van der Waals surface area contributed by atoms with Gasteiger partial charge in [0.2, 0.25) is 5.91 Å². The van der Waals surface area contributed by atoms with Gasteiger partial charge in [0.15, 0.2) is 0 Å². The van der Waals surface area contributed by atoms with E-state index < -0.39 is 0 Å². The van der Waals surface area contributed by atoms with Crippen molar-refractivity contribution >= 4 is 18.3 Å². The molecule has 3 rings (SSSR count). The van der Waals surface area contributed by atoms with E-state index in [9.17, 15) is 4.79 Å². The van der Waals surface area contributed by atoms with Crippen LogP contribution in [0.3, 0.4) is 0 Å². The van der Waals surface area contributed by atoms with Crippen molar-refractivity contribution in [2.45, 2.75) is 59.0 Å². The summed E-state index contributed by atoms with van der Waals surface area (Å²) in [5, 5.41) is 3.41. The Hall–Kier alpha value is -1.26. The standard InChI is InChI=1S/C22H34N2O2.ClH/c1-16-4-5-17(2)21(14-16)26-20-8-12-24(13-9-20)22(25)15-18(3)19-6-10-23-11-7-19;/h4-5,14,18-20,23H,6-13,15H2,1-3H3;1H. The van der Waals surface area contributed by atoms with Gasteiger partial charge in [-0.15, -0.1) is 12.4 Å². The molecule has 1 N–H and O–H groups in total. The minimum atomic E-state index is 0. The van der Waals surface area contributed by atoms with Crippen LogP contribution in [0.2, 0.25) is 0 Å². The number of hydrogen-bond acceptors (Lipinski definition) is 3. The zero-order valence-corrected chi connectivity index (χ0v) is 17.8. The topological polar surface area (TPSA) is 41.6 Å². The highest BCUT2D eigenvalue weighted by atomic mass is 35.5. The summed E-state index contributed by atoms with van der Waals surface area (Å²) >= 11 is 0. The van der Waals surface area contributed by atoms with Gasteiger partial charge in [0.25, 0.3) is 0 Å². The zero-order chi connectivity index (χ0) is 18.5. The summed E-state index contributed by atoms with van der Waals surface area (Å²) in [6.45, 7) is 10.3. The Labute approximate surface area is 170 Å². The predicted molar refractivity (Wildman–Crippen MR) is 113 cm³/mol. The number of likely N-dealkylation sites (tertiary alicyclic amines) is 1. The summed E-state index contributed by atoms with van der Waals surface area (Å²) in [4.78, 5) is 14.7. The molecule has 2 heterocycles. The highest BCUT2D eigenvalue weighted by Crippen LogP contribution is 2.27. The van der Waals surface area contributed by atoms with Gasteiger partial charge in [0.05, 0.1) is 0 Å². The summed E-state index contributed by atoms with van der Waals surface area (Å²) in [5.74, 6) is 2.52. The minimum Gasteiger partial charge on any atom is -0.490 e. The molecule has 0 aromatic heterocycles. The maximum absolute atomic E-state index is 12.7. The number of rotatable bonds is 5. The molecule has 4 nitrogen and oxygen atoms in total. The van der Waals surface area contributed by atoms with Gasteiger partial charge in [-0.3, -0.25) is 4.79 Å². The molecule has 1 aromatic carbocycles. The monoisotopic (exact) mass is 394 g/mol. The molecular formula is C22H35ClN2O2. The number of nitrogens with one attached hydrogen (secondary N) is 1. The second-order valence-electron chi connectivity index (χ2n) is 8.24. The van der Waals surface area contributed by atoms with Crippen LogP contribution in [0.4, 0.5) is 0 Å². The van der Waals surface area contributed by atoms with Gasteiger partial charge in [0.1, 0.15) is 11.9 Å². The van der Waals surface area contributed by atoms with Crippen molar-refractivity contribution in [3.05, 3.63) is 29.3 Å². The fourth-order valence-electron chi connectivity index (χ4n) is 4.22. The number of carbonyl (C=O) groups excluding carboxylic acids is 1. The Kier molecular flexibility index (Phi) is 8.43.